The largest absolute Gasteiger partial charge is 0.465 e. The number of nitrogens with zero attached hydrogens (tertiary/aromatic N) is 1. The highest BCUT2D eigenvalue weighted by molar-refractivity contribution is 6.30. The number of carbonyl (C=O) groups is 1. The fraction of sp³-hybridized carbons (Fsp3) is 0.316. The molecule has 7 heteroatoms. The van der Waals surface area contributed by atoms with Gasteiger partial charge >= 0.3 is 5.97 Å². The van der Waals surface area contributed by atoms with E-state index in [2.05, 4.69) is 5.32 Å². The van der Waals surface area contributed by atoms with E-state index >= 15 is 0 Å². The highest BCUT2D eigenvalue weighted by atomic mass is 35.5. The van der Waals surface area contributed by atoms with Gasteiger partial charge in [-0.05, 0) is 30.2 Å². The predicted molar refractivity (Wildman–Crippen MR) is 97.7 cm³/mol. The highest BCUT2D eigenvalue weighted by Gasteiger charge is 2.54. The summed E-state index contributed by atoms with van der Waals surface area (Å²) in [6, 6.07) is 13.5. The summed E-state index contributed by atoms with van der Waals surface area (Å²) in [5.41, 5.74) is 1.44. The maximum Gasteiger partial charge on any atom is 0.324 e. The number of nitrogens with one attached hydrogen (secondary N) is 1. The molecule has 0 aliphatic carbocycles. The fourth-order valence-corrected chi connectivity index (χ4v) is 3.65. The number of hydrogen-bond donors (Lipinski definition) is 1. The van der Waals surface area contributed by atoms with Crippen molar-refractivity contribution < 1.29 is 14.5 Å². The molecule has 0 radical (unpaired) electrons. The second-order valence-corrected chi connectivity index (χ2v) is 6.57. The number of hydrogen-bond acceptors (Lipinski definition) is 5. The molecule has 0 unspecified atom stereocenters. The normalized spacial score (nSPS) is 25.0. The van der Waals surface area contributed by atoms with E-state index in [-0.39, 0.29) is 11.5 Å². The lowest BCUT2D eigenvalue weighted by atomic mass is 9.85. The molecular formula is C19H19ClN2O4. The van der Waals surface area contributed by atoms with Crippen molar-refractivity contribution in [1.82, 2.24) is 5.32 Å². The summed E-state index contributed by atoms with van der Waals surface area (Å²) in [6.45, 7) is 1.93. The summed E-state index contributed by atoms with van der Waals surface area (Å²) in [7, 11) is 0. The van der Waals surface area contributed by atoms with Gasteiger partial charge in [-0.2, -0.15) is 0 Å². The Morgan fingerprint density at radius 3 is 2.38 bits per heavy atom. The van der Waals surface area contributed by atoms with Gasteiger partial charge in [0.2, 0.25) is 6.04 Å². The summed E-state index contributed by atoms with van der Waals surface area (Å²) in [4.78, 5) is 24.1. The van der Waals surface area contributed by atoms with Crippen LogP contribution in [0.5, 0.6) is 0 Å². The zero-order valence-electron chi connectivity index (χ0n) is 14.2. The van der Waals surface area contributed by atoms with E-state index in [1.54, 1.807) is 43.3 Å². The van der Waals surface area contributed by atoms with Gasteiger partial charge in [0.15, 0.2) is 0 Å². The van der Waals surface area contributed by atoms with Gasteiger partial charge < -0.3 is 4.74 Å². The Labute approximate surface area is 156 Å². The van der Waals surface area contributed by atoms with Gasteiger partial charge in [0.1, 0.15) is 12.1 Å². The zero-order valence-corrected chi connectivity index (χ0v) is 14.9. The number of halogens is 1. The average molecular weight is 375 g/mol. The topological polar surface area (TPSA) is 81.5 Å². The van der Waals surface area contributed by atoms with Crippen LogP contribution < -0.4 is 5.32 Å². The number of rotatable bonds is 5. The first-order valence-corrected chi connectivity index (χ1v) is 8.77. The Bertz CT molecular complexity index is 782. The highest BCUT2D eigenvalue weighted by Crippen LogP contribution is 2.40. The summed E-state index contributed by atoms with van der Waals surface area (Å²) >= 11 is 5.93. The minimum absolute atomic E-state index is 0.216. The molecule has 1 saturated heterocycles. The second-order valence-electron chi connectivity index (χ2n) is 6.14. The molecule has 0 amide bonds. The molecule has 4 atom stereocenters. The quantitative estimate of drug-likeness (QED) is 0.493. The van der Waals surface area contributed by atoms with Crippen molar-refractivity contribution in [2.75, 3.05) is 6.61 Å². The van der Waals surface area contributed by atoms with E-state index in [1.165, 1.54) is 0 Å². The Balaban J connectivity index is 2.05. The monoisotopic (exact) mass is 374 g/mol. The smallest absolute Gasteiger partial charge is 0.324 e. The number of esters is 1. The van der Waals surface area contributed by atoms with Crippen LogP contribution >= 0.6 is 11.6 Å². The number of benzene rings is 2. The van der Waals surface area contributed by atoms with Crippen LogP contribution in [0.4, 0.5) is 0 Å². The van der Waals surface area contributed by atoms with Crippen LogP contribution in [0.3, 0.4) is 0 Å². The molecule has 6 nitrogen and oxygen atoms in total. The molecule has 1 N–H and O–H groups in total. The third kappa shape index (κ3) is 3.57. The molecule has 0 bridgehead atoms. The van der Waals surface area contributed by atoms with Gasteiger partial charge in [-0.25, -0.2) is 0 Å². The van der Waals surface area contributed by atoms with Crippen LogP contribution in [0.25, 0.3) is 0 Å². The Morgan fingerprint density at radius 2 is 1.81 bits per heavy atom. The Morgan fingerprint density at radius 1 is 1.15 bits per heavy atom. The molecule has 1 aliphatic rings. The van der Waals surface area contributed by atoms with Crippen molar-refractivity contribution in [3.63, 3.8) is 0 Å². The van der Waals surface area contributed by atoms with Gasteiger partial charge in [0, 0.05) is 9.95 Å². The number of ether oxygens (including phenoxy) is 1. The summed E-state index contributed by atoms with van der Waals surface area (Å²) in [5, 5.41) is 15.6. The van der Waals surface area contributed by atoms with Crippen LogP contribution in [0.15, 0.2) is 54.6 Å². The maximum absolute atomic E-state index is 12.5. The molecule has 1 heterocycles. The van der Waals surface area contributed by atoms with Crippen molar-refractivity contribution in [3.05, 3.63) is 80.9 Å². The summed E-state index contributed by atoms with van der Waals surface area (Å²) < 4.78 is 5.16. The first-order valence-electron chi connectivity index (χ1n) is 8.39. The molecule has 3 rings (SSSR count). The van der Waals surface area contributed by atoms with Gasteiger partial charge in [-0.1, -0.05) is 54.1 Å². The molecule has 0 aromatic heterocycles. The molecule has 2 aromatic carbocycles. The maximum atomic E-state index is 12.5. The lowest BCUT2D eigenvalue weighted by Crippen LogP contribution is -2.37. The first-order chi connectivity index (χ1) is 12.5. The minimum Gasteiger partial charge on any atom is -0.465 e. The first kappa shape index (κ1) is 18.4. The van der Waals surface area contributed by atoms with Crippen molar-refractivity contribution in [2.45, 2.75) is 31.0 Å². The van der Waals surface area contributed by atoms with Crippen LogP contribution in [0, 0.1) is 10.1 Å². The molecule has 0 saturated carbocycles. The lowest BCUT2D eigenvalue weighted by molar-refractivity contribution is -0.527. The Kier molecular flexibility index (Phi) is 5.54. The van der Waals surface area contributed by atoms with Crippen LogP contribution in [0.2, 0.25) is 5.02 Å². The molecular weight excluding hydrogens is 356 g/mol. The lowest BCUT2D eigenvalue weighted by Gasteiger charge is -2.19. The Hall–Kier alpha value is -2.44. The molecule has 1 fully saturated rings. The van der Waals surface area contributed by atoms with E-state index in [0.717, 1.165) is 5.56 Å². The fourth-order valence-electron chi connectivity index (χ4n) is 3.53. The van der Waals surface area contributed by atoms with E-state index in [0.29, 0.717) is 10.6 Å². The SMILES string of the molecule is CCOC(=O)[C@H]1N[C@@H](c2ccc(Cl)cc2)[C@@H]([N+](=O)[O-])[C@@H]1c1ccccc1. The standard InChI is InChI=1S/C19H19ClN2O4/c1-2-26-19(23)17-15(12-6-4-3-5-7-12)18(22(24)25)16(21-17)13-8-10-14(20)11-9-13/h3-11,15-18,21H,2H2,1H3/t15-,16+,17+,18+/m1/s1. The third-order valence-corrected chi connectivity index (χ3v) is 4.88. The van der Waals surface area contributed by atoms with Gasteiger partial charge in [0.25, 0.3) is 0 Å². The van der Waals surface area contributed by atoms with Crippen LogP contribution in [-0.4, -0.2) is 29.6 Å². The van der Waals surface area contributed by atoms with Crippen LogP contribution in [0.1, 0.15) is 30.0 Å². The molecule has 0 spiro atoms. The predicted octanol–water partition coefficient (Wildman–Crippen LogP) is 3.35. The van der Waals surface area contributed by atoms with Crippen molar-refractivity contribution >= 4 is 17.6 Å². The van der Waals surface area contributed by atoms with Gasteiger partial charge in [0.05, 0.1) is 12.5 Å². The molecule has 1 aliphatic heterocycles. The van der Waals surface area contributed by atoms with E-state index in [4.69, 9.17) is 16.3 Å². The van der Waals surface area contributed by atoms with Crippen molar-refractivity contribution in [3.8, 4) is 0 Å². The third-order valence-electron chi connectivity index (χ3n) is 4.63. The summed E-state index contributed by atoms with van der Waals surface area (Å²) in [6.07, 6.45) is 0. The van der Waals surface area contributed by atoms with E-state index < -0.39 is 30.0 Å². The van der Waals surface area contributed by atoms with E-state index in [9.17, 15) is 14.9 Å². The molecule has 2 aromatic rings. The van der Waals surface area contributed by atoms with Crippen molar-refractivity contribution in [1.29, 1.82) is 0 Å². The number of nitro groups is 1. The van der Waals surface area contributed by atoms with Gasteiger partial charge in [-0.3, -0.25) is 20.2 Å². The molecule has 26 heavy (non-hydrogen) atoms. The van der Waals surface area contributed by atoms with Crippen molar-refractivity contribution in [2.24, 2.45) is 0 Å². The molecule has 136 valence electrons. The average Bonchev–Trinajstić information content (AvgIpc) is 3.04. The summed E-state index contributed by atoms with van der Waals surface area (Å²) in [5.74, 6) is -1.12. The zero-order chi connectivity index (χ0) is 18.7. The van der Waals surface area contributed by atoms with Gasteiger partial charge in [-0.15, -0.1) is 0 Å². The van der Waals surface area contributed by atoms with Crippen LogP contribution in [-0.2, 0) is 9.53 Å². The number of carbonyl (C=O) groups excluding carboxylic acids is 1. The van der Waals surface area contributed by atoms with E-state index in [1.807, 2.05) is 18.2 Å². The minimum atomic E-state index is -1.01. The second kappa shape index (κ2) is 7.85.